The molecule has 5 rings (SSSR count). The number of hydrogen-bond donors (Lipinski definition) is 1. The molecular formula is C28H39N3O4. The number of rotatable bonds is 6. The van der Waals surface area contributed by atoms with Crippen LogP contribution in [0.4, 0.5) is 5.69 Å². The maximum absolute atomic E-state index is 12.6. The molecule has 3 heterocycles. The first-order valence-electron chi connectivity index (χ1n) is 12.8. The lowest BCUT2D eigenvalue weighted by molar-refractivity contribution is 0.126. The van der Waals surface area contributed by atoms with Gasteiger partial charge in [0, 0.05) is 63.1 Å². The van der Waals surface area contributed by atoms with Gasteiger partial charge in [-0.25, -0.2) is 4.79 Å². The highest BCUT2D eigenvalue weighted by molar-refractivity contribution is 5.49. The molecule has 0 spiro atoms. The quantitative estimate of drug-likeness (QED) is 0.667. The van der Waals surface area contributed by atoms with Crippen LogP contribution in [-0.4, -0.2) is 60.8 Å². The summed E-state index contributed by atoms with van der Waals surface area (Å²) in [5.41, 5.74) is 2.48. The Morgan fingerprint density at radius 2 is 1.77 bits per heavy atom. The number of nitrogens with zero attached hydrogens (tertiary/aromatic N) is 3. The third-order valence-electron chi connectivity index (χ3n) is 8.23. The fourth-order valence-electron chi connectivity index (χ4n) is 6.96. The number of methoxy groups -OCH3 is 1. The number of likely N-dealkylation sites (tertiary alicyclic amines) is 1. The molecule has 1 aliphatic carbocycles. The maximum atomic E-state index is 12.6. The van der Waals surface area contributed by atoms with E-state index in [1.54, 1.807) is 7.11 Å². The van der Waals surface area contributed by atoms with Crippen LogP contribution in [0.25, 0.3) is 0 Å². The normalized spacial score (nSPS) is 26.7. The molecule has 1 aromatic heterocycles. The largest absolute Gasteiger partial charge is 0.507 e. The number of ether oxygens (including phenoxy) is 1. The topological polar surface area (TPSA) is 69.4 Å². The van der Waals surface area contributed by atoms with Gasteiger partial charge >= 0.3 is 5.63 Å². The van der Waals surface area contributed by atoms with Gasteiger partial charge in [-0.3, -0.25) is 9.80 Å². The van der Waals surface area contributed by atoms with Crippen molar-refractivity contribution >= 4 is 5.69 Å². The van der Waals surface area contributed by atoms with Crippen molar-refractivity contribution in [2.75, 3.05) is 44.7 Å². The molecule has 0 radical (unpaired) electrons. The Kier molecular flexibility index (Phi) is 6.34. The van der Waals surface area contributed by atoms with Crippen LogP contribution in [0.3, 0.4) is 0 Å². The summed E-state index contributed by atoms with van der Waals surface area (Å²) < 4.78 is 10.7. The molecule has 3 aliphatic rings. The van der Waals surface area contributed by atoms with Gasteiger partial charge in [0.15, 0.2) is 0 Å². The number of anilines is 1. The van der Waals surface area contributed by atoms with Gasteiger partial charge in [-0.05, 0) is 54.4 Å². The maximum Gasteiger partial charge on any atom is 0.343 e. The van der Waals surface area contributed by atoms with E-state index in [9.17, 15) is 9.90 Å². The van der Waals surface area contributed by atoms with E-state index in [0.717, 1.165) is 44.9 Å². The van der Waals surface area contributed by atoms with Gasteiger partial charge in [-0.15, -0.1) is 0 Å². The van der Waals surface area contributed by atoms with Crippen LogP contribution in [0.15, 0.2) is 39.7 Å². The minimum Gasteiger partial charge on any atom is -0.507 e. The summed E-state index contributed by atoms with van der Waals surface area (Å²) in [5, 5.41) is 11.1. The highest BCUT2D eigenvalue weighted by Crippen LogP contribution is 2.52. The number of aromatic hydroxyl groups is 1. The lowest BCUT2D eigenvalue weighted by Crippen LogP contribution is -2.46. The minimum absolute atomic E-state index is 0.115. The van der Waals surface area contributed by atoms with E-state index < -0.39 is 5.63 Å². The van der Waals surface area contributed by atoms with Crippen LogP contribution in [0.2, 0.25) is 0 Å². The molecule has 2 saturated heterocycles. The second kappa shape index (κ2) is 9.17. The first-order chi connectivity index (χ1) is 16.6. The van der Waals surface area contributed by atoms with Crippen molar-refractivity contribution in [3.05, 3.63) is 52.1 Å². The summed E-state index contributed by atoms with van der Waals surface area (Å²) in [6, 6.07) is 8.61. The molecular weight excluding hydrogens is 442 g/mol. The Bertz CT molecular complexity index is 1100. The molecule has 2 aliphatic heterocycles. The van der Waals surface area contributed by atoms with Crippen LogP contribution in [0.1, 0.15) is 51.2 Å². The summed E-state index contributed by atoms with van der Waals surface area (Å²) in [6.45, 7) is 12.6. The van der Waals surface area contributed by atoms with Crippen molar-refractivity contribution in [1.82, 2.24) is 9.80 Å². The SMILES string of the molecule is COc1ccc(N2CCN(Cc3coc(=O)c(CN4C[C@]5(C)C[C@H]4CC(C)(C)C5)c3O)CC2)cc1. The third-order valence-corrected chi connectivity index (χ3v) is 8.23. The van der Waals surface area contributed by atoms with Crippen LogP contribution >= 0.6 is 0 Å². The lowest BCUT2D eigenvalue weighted by Gasteiger charge is -2.39. The lowest BCUT2D eigenvalue weighted by atomic mass is 9.65. The van der Waals surface area contributed by atoms with Crippen molar-refractivity contribution in [3.63, 3.8) is 0 Å². The zero-order valence-corrected chi connectivity index (χ0v) is 21.5. The van der Waals surface area contributed by atoms with Crippen molar-refractivity contribution < 1.29 is 14.3 Å². The molecule has 3 fully saturated rings. The van der Waals surface area contributed by atoms with E-state index >= 15 is 0 Å². The summed E-state index contributed by atoms with van der Waals surface area (Å²) in [7, 11) is 1.68. The highest BCUT2D eigenvalue weighted by Gasteiger charge is 2.49. The van der Waals surface area contributed by atoms with E-state index in [-0.39, 0.29) is 11.2 Å². The van der Waals surface area contributed by atoms with E-state index in [0.29, 0.717) is 35.7 Å². The molecule has 1 N–H and O–H groups in total. The number of piperazine rings is 1. The molecule has 1 saturated carbocycles. The Balaban J connectivity index is 1.24. The van der Waals surface area contributed by atoms with Gasteiger partial charge in [-0.2, -0.15) is 0 Å². The molecule has 7 nitrogen and oxygen atoms in total. The van der Waals surface area contributed by atoms with E-state index in [2.05, 4.69) is 47.6 Å². The van der Waals surface area contributed by atoms with Crippen molar-refractivity contribution in [1.29, 1.82) is 0 Å². The third kappa shape index (κ3) is 5.07. The second-order valence-electron chi connectivity index (χ2n) is 12.0. The zero-order chi connectivity index (χ0) is 24.8. The number of benzene rings is 1. The zero-order valence-electron chi connectivity index (χ0n) is 21.5. The van der Waals surface area contributed by atoms with Crippen molar-refractivity contribution in [3.8, 4) is 11.5 Å². The average molecular weight is 482 g/mol. The summed E-state index contributed by atoms with van der Waals surface area (Å²) >= 11 is 0. The van der Waals surface area contributed by atoms with Crippen LogP contribution in [0, 0.1) is 10.8 Å². The molecule has 0 amide bonds. The molecule has 35 heavy (non-hydrogen) atoms. The van der Waals surface area contributed by atoms with E-state index in [1.165, 1.54) is 24.8 Å². The Labute approximate surface area is 208 Å². The van der Waals surface area contributed by atoms with Crippen molar-refractivity contribution in [2.24, 2.45) is 10.8 Å². The van der Waals surface area contributed by atoms with Gasteiger partial charge in [0.2, 0.25) is 0 Å². The van der Waals surface area contributed by atoms with Crippen LogP contribution in [0.5, 0.6) is 11.5 Å². The molecule has 2 aromatic rings. The number of fused-ring (bicyclic) bond motifs is 2. The summed E-state index contributed by atoms with van der Waals surface area (Å²) in [5.74, 6) is 0.976. The molecule has 190 valence electrons. The van der Waals surface area contributed by atoms with Gasteiger partial charge in [0.1, 0.15) is 17.8 Å². The van der Waals surface area contributed by atoms with Crippen molar-refractivity contribution in [2.45, 2.75) is 59.2 Å². The minimum atomic E-state index is -0.415. The van der Waals surface area contributed by atoms with E-state index in [4.69, 9.17) is 9.15 Å². The average Bonchev–Trinajstić information content (AvgIpc) is 3.06. The fourth-order valence-corrected chi connectivity index (χ4v) is 6.96. The predicted octanol–water partition coefficient (Wildman–Crippen LogP) is 4.08. The summed E-state index contributed by atoms with van der Waals surface area (Å²) in [6.07, 6.45) is 4.95. The molecule has 7 heteroatoms. The highest BCUT2D eigenvalue weighted by atomic mass is 16.5. The van der Waals surface area contributed by atoms with Gasteiger partial charge in [0.25, 0.3) is 0 Å². The smallest absolute Gasteiger partial charge is 0.343 e. The van der Waals surface area contributed by atoms with Gasteiger partial charge < -0.3 is 19.2 Å². The fraction of sp³-hybridized carbons (Fsp3) is 0.607. The Morgan fingerprint density at radius 1 is 1.06 bits per heavy atom. The Morgan fingerprint density at radius 3 is 2.46 bits per heavy atom. The van der Waals surface area contributed by atoms with Crippen LogP contribution in [-0.2, 0) is 13.1 Å². The molecule has 0 unspecified atom stereocenters. The second-order valence-corrected chi connectivity index (χ2v) is 12.0. The number of hydrogen-bond acceptors (Lipinski definition) is 7. The monoisotopic (exact) mass is 481 g/mol. The standard InChI is InChI=1S/C28H39N3O4/c1-27(2)13-22-14-28(3,18-27)19-31(22)16-24-25(32)20(17-35-26(24)33)15-29-9-11-30(12-10-29)21-5-7-23(34-4)8-6-21/h5-8,17,22,32H,9-16,18-19H2,1-4H3/t22-,28-/m1/s1. The Hall–Kier alpha value is -2.51. The van der Waals surface area contributed by atoms with Crippen LogP contribution < -0.4 is 15.3 Å². The first-order valence-corrected chi connectivity index (χ1v) is 12.8. The first kappa shape index (κ1) is 24.2. The van der Waals surface area contributed by atoms with Gasteiger partial charge in [0.05, 0.1) is 12.7 Å². The predicted molar refractivity (Wildman–Crippen MR) is 137 cm³/mol. The molecule has 2 atom stereocenters. The van der Waals surface area contributed by atoms with E-state index in [1.807, 2.05) is 12.1 Å². The molecule has 1 aromatic carbocycles. The summed E-state index contributed by atoms with van der Waals surface area (Å²) in [4.78, 5) is 19.7. The molecule has 2 bridgehead atoms. The van der Waals surface area contributed by atoms with Gasteiger partial charge in [-0.1, -0.05) is 20.8 Å².